The molecule has 3 aromatic rings. The molecule has 0 radical (unpaired) electrons. The summed E-state index contributed by atoms with van der Waals surface area (Å²) in [7, 11) is 0. The van der Waals surface area contributed by atoms with Gasteiger partial charge in [-0.15, -0.1) is 15.0 Å². The second-order valence-corrected chi connectivity index (χ2v) is 8.35. The van der Waals surface area contributed by atoms with E-state index in [4.69, 9.17) is 5.73 Å². The standard InChI is InChI=1S/C21H23N5O3/c1-21(2,3)12-8-11(17-19(28)13(22)10-23-20(17)29)9-16(18(12)27)26-24-14-6-4-5-7-15(14)25-26/h4-9,13,17,27H,10,22H2,1-3H3,(H,23,29). The van der Waals surface area contributed by atoms with E-state index < -0.39 is 23.3 Å². The number of fused-ring (bicyclic) bond motifs is 1. The topological polar surface area (TPSA) is 123 Å². The van der Waals surface area contributed by atoms with Crippen molar-refractivity contribution in [3.63, 3.8) is 0 Å². The van der Waals surface area contributed by atoms with Crippen LogP contribution in [0.1, 0.15) is 37.8 Å². The molecule has 1 aromatic heterocycles. The van der Waals surface area contributed by atoms with Gasteiger partial charge in [-0.2, -0.15) is 0 Å². The second kappa shape index (κ2) is 6.66. The van der Waals surface area contributed by atoms with E-state index in [1.807, 2.05) is 45.0 Å². The molecular weight excluding hydrogens is 370 g/mol. The summed E-state index contributed by atoms with van der Waals surface area (Å²) in [6, 6.07) is 9.86. The van der Waals surface area contributed by atoms with Crippen LogP contribution < -0.4 is 11.1 Å². The van der Waals surface area contributed by atoms with Gasteiger partial charge in [-0.05, 0) is 29.2 Å². The van der Waals surface area contributed by atoms with Crippen molar-refractivity contribution in [2.24, 2.45) is 5.73 Å². The Labute approximate surface area is 167 Å². The van der Waals surface area contributed by atoms with Crippen molar-refractivity contribution in [2.75, 3.05) is 6.54 Å². The van der Waals surface area contributed by atoms with Crippen molar-refractivity contribution in [3.8, 4) is 11.4 Å². The number of benzene rings is 2. The number of aromatic hydroxyl groups is 1. The summed E-state index contributed by atoms with van der Waals surface area (Å²) in [6.45, 7) is 5.95. The minimum atomic E-state index is -1.04. The maximum Gasteiger partial charge on any atom is 0.235 e. The number of nitrogens with one attached hydrogen (secondary N) is 1. The van der Waals surface area contributed by atoms with Crippen LogP contribution >= 0.6 is 0 Å². The Kier molecular flexibility index (Phi) is 4.38. The molecule has 4 N–H and O–H groups in total. The number of nitrogens with two attached hydrogens (primary N) is 1. The number of amides is 1. The zero-order valence-corrected chi connectivity index (χ0v) is 16.5. The minimum Gasteiger partial charge on any atom is -0.505 e. The summed E-state index contributed by atoms with van der Waals surface area (Å²) >= 11 is 0. The average molecular weight is 393 g/mol. The smallest absolute Gasteiger partial charge is 0.235 e. The van der Waals surface area contributed by atoms with Crippen LogP contribution in [0, 0.1) is 0 Å². The van der Waals surface area contributed by atoms with Crippen LogP contribution in [0.15, 0.2) is 36.4 Å². The molecule has 4 rings (SSSR count). The number of phenols is 1. The molecule has 2 heterocycles. The lowest BCUT2D eigenvalue weighted by atomic mass is 9.80. The van der Waals surface area contributed by atoms with E-state index in [0.717, 1.165) is 0 Å². The van der Waals surface area contributed by atoms with Gasteiger partial charge < -0.3 is 16.2 Å². The van der Waals surface area contributed by atoms with Crippen molar-refractivity contribution >= 4 is 22.7 Å². The molecule has 150 valence electrons. The highest BCUT2D eigenvalue weighted by molar-refractivity contribution is 6.11. The molecule has 8 nitrogen and oxygen atoms in total. The van der Waals surface area contributed by atoms with Gasteiger partial charge in [-0.1, -0.05) is 39.0 Å². The molecule has 0 saturated carbocycles. The summed E-state index contributed by atoms with van der Waals surface area (Å²) < 4.78 is 0. The number of carbonyl (C=O) groups is 2. The number of rotatable bonds is 2. The van der Waals surface area contributed by atoms with E-state index in [-0.39, 0.29) is 18.1 Å². The molecule has 1 saturated heterocycles. The zero-order valence-electron chi connectivity index (χ0n) is 16.5. The maximum absolute atomic E-state index is 12.7. The monoisotopic (exact) mass is 393 g/mol. The highest BCUT2D eigenvalue weighted by Gasteiger charge is 2.38. The van der Waals surface area contributed by atoms with Crippen molar-refractivity contribution in [2.45, 2.75) is 38.1 Å². The molecule has 0 aliphatic carbocycles. The predicted molar refractivity (Wildman–Crippen MR) is 108 cm³/mol. The van der Waals surface area contributed by atoms with Crippen molar-refractivity contribution < 1.29 is 14.7 Å². The van der Waals surface area contributed by atoms with Crippen LogP contribution in [0.4, 0.5) is 0 Å². The molecule has 0 spiro atoms. The van der Waals surface area contributed by atoms with Crippen molar-refractivity contribution in [1.29, 1.82) is 0 Å². The largest absolute Gasteiger partial charge is 0.505 e. The summed E-state index contributed by atoms with van der Waals surface area (Å²) in [5, 5.41) is 22.6. The Morgan fingerprint density at radius 2 is 1.76 bits per heavy atom. The molecule has 0 bridgehead atoms. The molecule has 2 atom stereocenters. The SMILES string of the molecule is CC(C)(C)c1cc(C2C(=O)NCC(N)C2=O)cc(-n2nc3ccccc3n2)c1O. The fraction of sp³-hybridized carbons (Fsp3) is 0.333. The van der Waals surface area contributed by atoms with Crippen LogP contribution in [0.2, 0.25) is 0 Å². The molecule has 2 unspecified atom stereocenters. The van der Waals surface area contributed by atoms with E-state index in [9.17, 15) is 14.7 Å². The first-order valence-corrected chi connectivity index (χ1v) is 9.43. The quantitative estimate of drug-likeness (QED) is 0.568. The van der Waals surface area contributed by atoms with Crippen LogP contribution in [0.5, 0.6) is 5.75 Å². The van der Waals surface area contributed by atoms with Gasteiger partial charge in [0, 0.05) is 12.1 Å². The van der Waals surface area contributed by atoms with Gasteiger partial charge in [0.25, 0.3) is 0 Å². The number of aromatic nitrogens is 3. The van der Waals surface area contributed by atoms with E-state index >= 15 is 0 Å². The third-order valence-electron chi connectivity index (χ3n) is 5.16. The van der Waals surface area contributed by atoms with E-state index in [2.05, 4.69) is 15.5 Å². The Morgan fingerprint density at radius 1 is 1.14 bits per heavy atom. The first-order chi connectivity index (χ1) is 13.7. The number of carbonyl (C=O) groups excluding carboxylic acids is 2. The minimum absolute atomic E-state index is 0.00882. The van der Waals surface area contributed by atoms with Gasteiger partial charge in [0.05, 0.1) is 6.04 Å². The number of hydrogen-bond donors (Lipinski definition) is 3. The fourth-order valence-electron chi connectivity index (χ4n) is 3.57. The molecule has 1 aliphatic rings. The third kappa shape index (κ3) is 3.25. The summed E-state index contributed by atoms with van der Waals surface area (Å²) in [5.41, 5.74) is 8.13. The Morgan fingerprint density at radius 3 is 2.34 bits per heavy atom. The Balaban J connectivity index is 1.94. The predicted octanol–water partition coefficient (Wildman–Crippen LogP) is 1.53. The van der Waals surface area contributed by atoms with Crippen LogP contribution in [-0.2, 0) is 15.0 Å². The first kappa shape index (κ1) is 19.1. The first-order valence-electron chi connectivity index (χ1n) is 9.43. The number of Topliss-reactive ketones (excluding diaryl/α,β-unsaturated/α-hetero) is 1. The molecular formula is C21H23N5O3. The zero-order chi connectivity index (χ0) is 20.9. The normalized spacial score (nSPS) is 20.1. The summed E-state index contributed by atoms with van der Waals surface area (Å²) in [6.07, 6.45) is 0. The van der Waals surface area contributed by atoms with Gasteiger partial charge in [0.2, 0.25) is 5.91 Å². The van der Waals surface area contributed by atoms with E-state index in [0.29, 0.717) is 27.8 Å². The van der Waals surface area contributed by atoms with E-state index in [1.54, 1.807) is 12.1 Å². The van der Waals surface area contributed by atoms with Gasteiger partial charge in [-0.25, -0.2) is 0 Å². The molecule has 1 amide bonds. The van der Waals surface area contributed by atoms with Crippen molar-refractivity contribution in [1.82, 2.24) is 20.3 Å². The lowest BCUT2D eigenvalue weighted by Crippen LogP contribution is -2.53. The lowest BCUT2D eigenvalue weighted by Gasteiger charge is -2.28. The molecule has 29 heavy (non-hydrogen) atoms. The molecule has 2 aromatic carbocycles. The third-order valence-corrected chi connectivity index (χ3v) is 5.16. The van der Waals surface area contributed by atoms with Crippen LogP contribution in [-0.4, -0.2) is 44.4 Å². The number of nitrogens with zero attached hydrogens (tertiary/aromatic N) is 3. The number of piperidine rings is 1. The summed E-state index contributed by atoms with van der Waals surface area (Å²) in [5.74, 6) is -1.77. The summed E-state index contributed by atoms with van der Waals surface area (Å²) in [4.78, 5) is 26.5. The van der Waals surface area contributed by atoms with Crippen molar-refractivity contribution in [3.05, 3.63) is 47.5 Å². The second-order valence-electron chi connectivity index (χ2n) is 8.35. The fourth-order valence-corrected chi connectivity index (χ4v) is 3.57. The van der Waals surface area contributed by atoms with E-state index in [1.165, 1.54) is 4.80 Å². The average Bonchev–Trinajstić information content (AvgIpc) is 3.09. The molecule has 8 heteroatoms. The van der Waals surface area contributed by atoms with Gasteiger partial charge in [0.15, 0.2) is 5.78 Å². The Bertz CT molecular complexity index is 1100. The Hall–Kier alpha value is -3.26. The molecule has 1 aliphatic heterocycles. The maximum atomic E-state index is 12.7. The highest BCUT2D eigenvalue weighted by atomic mass is 16.3. The van der Waals surface area contributed by atoms with Crippen LogP contribution in [0.25, 0.3) is 16.7 Å². The van der Waals surface area contributed by atoms with Gasteiger partial charge in [0.1, 0.15) is 28.4 Å². The number of ketones is 1. The lowest BCUT2D eigenvalue weighted by molar-refractivity contribution is -0.133. The highest BCUT2D eigenvalue weighted by Crippen LogP contribution is 2.38. The van der Waals surface area contributed by atoms with Gasteiger partial charge in [-0.3, -0.25) is 9.59 Å². The van der Waals surface area contributed by atoms with Crippen LogP contribution in [0.3, 0.4) is 0 Å². The number of hydrogen-bond acceptors (Lipinski definition) is 6. The molecule has 1 fully saturated rings. The number of phenolic OH excluding ortho intramolecular Hbond substituents is 1. The van der Waals surface area contributed by atoms with Gasteiger partial charge >= 0.3 is 0 Å².